The molecule has 0 saturated carbocycles. The van der Waals surface area contributed by atoms with Crippen molar-refractivity contribution >= 4 is 34.1 Å². The van der Waals surface area contributed by atoms with E-state index in [0.29, 0.717) is 23.2 Å². The molecule has 0 aliphatic carbocycles. The molecular weight excluding hydrogens is 483 g/mol. The molecule has 0 aliphatic heterocycles. The lowest BCUT2D eigenvalue weighted by atomic mass is 9.99. The normalized spacial score (nSPS) is 11.3. The van der Waals surface area contributed by atoms with Gasteiger partial charge in [-0.1, -0.05) is 62.9 Å². The van der Waals surface area contributed by atoms with Crippen LogP contribution in [0.1, 0.15) is 49.2 Å². The van der Waals surface area contributed by atoms with Crippen LogP contribution in [-0.2, 0) is 13.0 Å². The lowest BCUT2D eigenvalue weighted by molar-refractivity contribution is 0.102. The maximum Gasteiger partial charge on any atom is 0.257 e. The highest BCUT2D eigenvalue weighted by atomic mass is 32.2. The summed E-state index contributed by atoms with van der Waals surface area (Å²) in [5, 5.41) is 11.7. The van der Waals surface area contributed by atoms with Crippen molar-refractivity contribution in [1.82, 2.24) is 15.1 Å². The Morgan fingerprint density at radius 2 is 1.89 bits per heavy atom. The highest BCUT2D eigenvalue weighted by Crippen LogP contribution is 2.27. The summed E-state index contributed by atoms with van der Waals surface area (Å²) in [5.41, 5.74) is 2.38. The minimum atomic E-state index is -0.273. The number of aromatic nitrogens is 2. The Balaban J connectivity index is 1.62. The lowest BCUT2D eigenvalue weighted by Crippen LogP contribution is -2.25. The number of thioether (sulfide) groups is 1. The molecule has 0 fully saturated rings. The molecule has 3 rings (SSSR count). The summed E-state index contributed by atoms with van der Waals surface area (Å²) < 4.78 is 20.0. The minimum Gasteiger partial charge on any atom is -0.489 e. The maximum atomic E-state index is 13.2. The Kier molecular flexibility index (Phi) is 10.5. The molecule has 1 N–H and O–H groups in total. The molecule has 1 aromatic heterocycles. The van der Waals surface area contributed by atoms with Gasteiger partial charge in [0.2, 0.25) is 5.13 Å². The van der Waals surface area contributed by atoms with E-state index in [2.05, 4.69) is 48.1 Å². The molecule has 1 amide bonds. The third-order valence-electron chi connectivity index (χ3n) is 5.41. The van der Waals surface area contributed by atoms with E-state index in [4.69, 9.17) is 4.74 Å². The van der Waals surface area contributed by atoms with Crippen LogP contribution in [0.5, 0.6) is 5.75 Å². The smallest absolute Gasteiger partial charge is 0.257 e. The number of halogens is 1. The minimum absolute atomic E-state index is 0.226. The third-order valence-corrected chi connectivity index (χ3v) is 7.37. The van der Waals surface area contributed by atoms with Crippen LogP contribution in [0.25, 0.3) is 0 Å². The quantitative estimate of drug-likeness (QED) is 0.217. The number of nitrogens with zero attached hydrogens (tertiary/aromatic N) is 3. The van der Waals surface area contributed by atoms with Crippen LogP contribution in [-0.4, -0.2) is 46.4 Å². The SMILES string of the molecule is CCN(CC)CCSc1nnc(NC(=O)c2ccc(OCc3ccc(F)cc3)c(CC(C)C)c2)s1. The van der Waals surface area contributed by atoms with Crippen LogP contribution in [0.3, 0.4) is 0 Å². The fourth-order valence-electron chi connectivity index (χ4n) is 3.49. The first kappa shape index (κ1) is 27.1. The number of rotatable bonds is 13. The number of hydrogen-bond donors (Lipinski definition) is 1. The Hall–Kier alpha value is -2.49. The summed E-state index contributed by atoms with van der Waals surface area (Å²) in [6, 6.07) is 11.7. The van der Waals surface area contributed by atoms with Crippen LogP contribution in [0.15, 0.2) is 46.8 Å². The second-order valence-corrected chi connectivity index (χ2v) is 10.9. The van der Waals surface area contributed by atoms with Gasteiger partial charge in [-0.05, 0) is 66.9 Å². The molecule has 188 valence electrons. The number of nitrogens with one attached hydrogen (secondary N) is 1. The predicted octanol–water partition coefficient (Wildman–Crippen LogP) is 6.14. The lowest BCUT2D eigenvalue weighted by Gasteiger charge is -2.16. The molecular formula is C26H33FN4O2S2. The third kappa shape index (κ3) is 8.59. The number of anilines is 1. The molecule has 2 aromatic carbocycles. The topological polar surface area (TPSA) is 67.4 Å². The van der Waals surface area contributed by atoms with Gasteiger partial charge < -0.3 is 9.64 Å². The van der Waals surface area contributed by atoms with E-state index in [1.807, 2.05) is 12.1 Å². The van der Waals surface area contributed by atoms with Gasteiger partial charge in [0.1, 0.15) is 18.2 Å². The fourth-order valence-corrected chi connectivity index (χ4v) is 5.31. The molecule has 0 unspecified atom stereocenters. The van der Waals surface area contributed by atoms with E-state index in [-0.39, 0.29) is 11.7 Å². The Labute approximate surface area is 215 Å². The van der Waals surface area contributed by atoms with Crippen molar-refractivity contribution in [3.63, 3.8) is 0 Å². The fraction of sp³-hybridized carbons (Fsp3) is 0.423. The molecule has 0 atom stereocenters. The maximum absolute atomic E-state index is 13.2. The zero-order valence-corrected chi connectivity index (χ0v) is 22.3. The first-order valence-corrected chi connectivity index (χ1v) is 13.7. The molecule has 0 bridgehead atoms. The molecule has 1 heterocycles. The second kappa shape index (κ2) is 13.6. The number of amides is 1. The highest BCUT2D eigenvalue weighted by Gasteiger charge is 2.15. The molecule has 0 aliphatic rings. The first-order valence-electron chi connectivity index (χ1n) is 11.9. The summed E-state index contributed by atoms with van der Waals surface area (Å²) in [5.74, 6) is 1.55. The average Bonchev–Trinajstić information content (AvgIpc) is 3.28. The van der Waals surface area contributed by atoms with Crippen LogP contribution in [0.4, 0.5) is 9.52 Å². The molecule has 0 spiro atoms. The van der Waals surface area contributed by atoms with Gasteiger partial charge in [-0.3, -0.25) is 10.1 Å². The van der Waals surface area contributed by atoms with E-state index in [1.54, 1.807) is 30.0 Å². The Morgan fingerprint density at radius 1 is 1.14 bits per heavy atom. The van der Waals surface area contributed by atoms with Crippen molar-refractivity contribution in [2.45, 2.75) is 45.1 Å². The monoisotopic (exact) mass is 516 g/mol. The summed E-state index contributed by atoms with van der Waals surface area (Å²) in [6.45, 7) is 11.9. The summed E-state index contributed by atoms with van der Waals surface area (Å²) in [4.78, 5) is 15.3. The van der Waals surface area contributed by atoms with Crippen LogP contribution >= 0.6 is 23.1 Å². The van der Waals surface area contributed by atoms with E-state index in [0.717, 1.165) is 53.0 Å². The van der Waals surface area contributed by atoms with Gasteiger partial charge in [0.05, 0.1) is 0 Å². The van der Waals surface area contributed by atoms with Crippen LogP contribution < -0.4 is 10.1 Å². The second-order valence-electron chi connectivity index (χ2n) is 8.54. The zero-order valence-electron chi connectivity index (χ0n) is 20.7. The average molecular weight is 517 g/mol. The van der Waals surface area contributed by atoms with Crippen LogP contribution in [0, 0.1) is 11.7 Å². The van der Waals surface area contributed by atoms with Crippen molar-refractivity contribution < 1.29 is 13.9 Å². The molecule has 6 nitrogen and oxygen atoms in total. The van der Waals surface area contributed by atoms with Crippen molar-refractivity contribution in [3.8, 4) is 5.75 Å². The number of carbonyl (C=O) groups excluding carboxylic acids is 1. The van der Waals surface area contributed by atoms with Gasteiger partial charge in [0.25, 0.3) is 5.91 Å². The van der Waals surface area contributed by atoms with Gasteiger partial charge in [-0.15, -0.1) is 10.2 Å². The summed E-state index contributed by atoms with van der Waals surface area (Å²) >= 11 is 3.04. The molecule has 0 saturated heterocycles. The Morgan fingerprint density at radius 3 is 2.57 bits per heavy atom. The highest BCUT2D eigenvalue weighted by molar-refractivity contribution is 8.01. The summed E-state index contributed by atoms with van der Waals surface area (Å²) in [6.07, 6.45) is 0.770. The van der Waals surface area contributed by atoms with Crippen molar-refractivity contribution in [2.24, 2.45) is 5.92 Å². The van der Waals surface area contributed by atoms with E-state index < -0.39 is 0 Å². The van der Waals surface area contributed by atoms with Crippen molar-refractivity contribution in [2.75, 3.05) is 30.7 Å². The number of benzene rings is 2. The standard InChI is InChI=1S/C26H33FN4O2S2/c1-5-31(6-2)13-14-34-26-30-29-25(35-26)28-24(32)20-9-12-23(21(16-20)15-18(3)4)33-17-19-7-10-22(27)11-8-19/h7-12,16,18H,5-6,13-15,17H2,1-4H3,(H,28,29,32). The first-order chi connectivity index (χ1) is 16.9. The molecule has 0 radical (unpaired) electrons. The molecule has 3 aromatic rings. The molecule has 35 heavy (non-hydrogen) atoms. The largest absolute Gasteiger partial charge is 0.489 e. The summed E-state index contributed by atoms with van der Waals surface area (Å²) in [7, 11) is 0. The molecule has 9 heteroatoms. The number of carbonyl (C=O) groups is 1. The van der Waals surface area contributed by atoms with Crippen LogP contribution in [0.2, 0.25) is 0 Å². The van der Waals surface area contributed by atoms with Crippen molar-refractivity contribution in [1.29, 1.82) is 0 Å². The van der Waals surface area contributed by atoms with Gasteiger partial charge in [0, 0.05) is 17.9 Å². The van der Waals surface area contributed by atoms with Gasteiger partial charge >= 0.3 is 0 Å². The van der Waals surface area contributed by atoms with E-state index in [1.165, 1.54) is 23.5 Å². The van der Waals surface area contributed by atoms with Gasteiger partial charge in [-0.2, -0.15) is 0 Å². The number of ether oxygens (including phenoxy) is 1. The van der Waals surface area contributed by atoms with E-state index in [9.17, 15) is 9.18 Å². The van der Waals surface area contributed by atoms with Gasteiger partial charge in [-0.25, -0.2) is 4.39 Å². The van der Waals surface area contributed by atoms with Gasteiger partial charge in [0.15, 0.2) is 4.34 Å². The van der Waals surface area contributed by atoms with E-state index >= 15 is 0 Å². The zero-order chi connectivity index (χ0) is 25.2. The number of hydrogen-bond acceptors (Lipinski definition) is 7. The van der Waals surface area contributed by atoms with Crippen molar-refractivity contribution in [3.05, 3.63) is 65.0 Å². The Bertz CT molecular complexity index is 1090. The predicted molar refractivity (Wildman–Crippen MR) is 142 cm³/mol.